The zero-order valence-electron chi connectivity index (χ0n) is 8.80. The SMILES string of the molecule is CCC(C)(CO)CNCC(C)C#N. The molecule has 0 saturated carbocycles. The Bertz CT molecular complexity index is 170. The van der Waals surface area contributed by atoms with Gasteiger partial charge in [-0.1, -0.05) is 13.8 Å². The van der Waals surface area contributed by atoms with E-state index in [0.29, 0.717) is 6.54 Å². The Labute approximate surface area is 80.8 Å². The molecule has 0 spiro atoms. The Morgan fingerprint density at radius 1 is 1.62 bits per heavy atom. The fourth-order valence-corrected chi connectivity index (χ4v) is 0.929. The summed E-state index contributed by atoms with van der Waals surface area (Å²) in [6.07, 6.45) is 0.942. The summed E-state index contributed by atoms with van der Waals surface area (Å²) in [6, 6.07) is 2.16. The van der Waals surface area contributed by atoms with Crippen LogP contribution in [0.15, 0.2) is 0 Å². The molecule has 0 rings (SSSR count). The van der Waals surface area contributed by atoms with Gasteiger partial charge in [-0.15, -0.1) is 0 Å². The maximum Gasteiger partial charge on any atom is 0.0666 e. The van der Waals surface area contributed by atoms with E-state index < -0.39 is 0 Å². The standard InChI is InChI=1S/C10H20N2O/c1-4-10(3,8-13)7-12-6-9(2)5-11/h9,12-13H,4,6-8H2,1-3H3. The van der Waals surface area contributed by atoms with Crippen molar-refractivity contribution in [3.8, 4) is 6.07 Å². The third-order valence-corrected chi connectivity index (χ3v) is 2.46. The van der Waals surface area contributed by atoms with Gasteiger partial charge in [-0.25, -0.2) is 0 Å². The van der Waals surface area contributed by atoms with Crippen LogP contribution in [0, 0.1) is 22.7 Å². The molecule has 76 valence electrons. The lowest BCUT2D eigenvalue weighted by Gasteiger charge is -2.26. The summed E-state index contributed by atoms with van der Waals surface area (Å²) in [5.74, 6) is 0.0415. The highest BCUT2D eigenvalue weighted by molar-refractivity contribution is 4.82. The Morgan fingerprint density at radius 3 is 2.62 bits per heavy atom. The number of hydrogen-bond acceptors (Lipinski definition) is 3. The molecule has 0 aliphatic carbocycles. The summed E-state index contributed by atoms with van der Waals surface area (Å²) in [6.45, 7) is 7.65. The van der Waals surface area contributed by atoms with Crippen molar-refractivity contribution in [2.75, 3.05) is 19.7 Å². The summed E-state index contributed by atoms with van der Waals surface area (Å²) in [5, 5.41) is 20.8. The van der Waals surface area contributed by atoms with E-state index in [2.05, 4.69) is 18.3 Å². The van der Waals surface area contributed by atoms with Gasteiger partial charge in [0.1, 0.15) is 0 Å². The number of rotatable bonds is 6. The van der Waals surface area contributed by atoms with E-state index in [0.717, 1.165) is 13.0 Å². The average molecular weight is 184 g/mol. The van der Waals surface area contributed by atoms with Crippen LogP contribution >= 0.6 is 0 Å². The Balaban J connectivity index is 3.69. The molecule has 0 aromatic heterocycles. The summed E-state index contributed by atoms with van der Waals surface area (Å²) in [4.78, 5) is 0. The third kappa shape index (κ3) is 4.87. The molecular weight excluding hydrogens is 164 g/mol. The van der Waals surface area contributed by atoms with Crippen molar-refractivity contribution < 1.29 is 5.11 Å². The minimum atomic E-state index is -0.0465. The Morgan fingerprint density at radius 2 is 2.23 bits per heavy atom. The molecule has 2 atom stereocenters. The molecule has 3 nitrogen and oxygen atoms in total. The first kappa shape index (κ1) is 12.4. The molecule has 0 fully saturated rings. The minimum Gasteiger partial charge on any atom is -0.396 e. The van der Waals surface area contributed by atoms with Gasteiger partial charge < -0.3 is 10.4 Å². The van der Waals surface area contributed by atoms with E-state index in [1.807, 2.05) is 13.8 Å². The molecule has 0 radical (unpaired) electrons. The Hall–Kier alpha value is -0.590. The molecule has 0 bridgehead atoms. The quantitative estimate of drug-likeness (QED) is 0.651. The van der Waals surface area contributed by atoms with Gasteiger partial charge in [-0.2, -0.15) is 5.26 Å². The van der Waals surface area contributed by atoms with Crippen LogP contribution in [0.25, 0.3) is 0 Å². The van der Waals surface area contributed by atoms with Crippen LogP contribution in [0.2, 0.25) is 0 Å². The smallest absolute Gasteiger partial charge is 0.0666 e. The zero-order valence-corrected chi connectivity index (χ0v) is 8.80. The summed E-state index contributed by atoms with van der Waals surface area (Å²) in [7, 11) is 0. The fraction of sp³-hybridized carbons (Fsp3) is 0.900. The van der Waals surface area contributed by atoms with Crippen molar-refractivity contribution in [3.63, 3.8) is 0 Å². The average Bonchev–Trinajstić information content (AvgIpc) is 2.17. The van der Waals surface area contributed by atoms with Crippen LogP contribution in [0.4, 0.5) is 0 Å². The molecule has 13 heavy (non-hydrogen) atoms. The minimum absolute atomic E-state index is 0.0415. The monoisotopic (exact) mass is 184 g/mol. The molecule has 0 aromatic rings. The van der Waals surface area contributed by atoms with E-state index in [1.54, 1.807) is 0 Å². The second kappa shape index (κ2) is 5.95. The maximum absolute atomic E-state index is 9.10. The summed E-state index contributed by atoms with van der Waals surface area (Å²) in [5.41, 5.74) is -0.0465. The molecule has 0 amide bonds. The van der Waals surface area contributed by atoms with Crippen LogP contribution in [-0.4, -0.2) is 24.8 Å². The predicted molar refractivity (Wildman–Crippen MR) is 53.1 cm³/mol. The van der Waals surface area contributed by atoms with Gasteiger partial charge in [0.15, 0.2) is 0 Å². The first-order valence-corrected chi connectivity index (χ1v) is 4.79. The van der Waals surface area contributed by atoms with Crippen LogP contribution in [0.1, 0.15) is 27.2 Å². The first-order valence-electron chi connectivity index (χ1n) is 4.79. The normalized spacial score (nSPS) is 17.5. The number of nitrogens with one attached hydrogen (secondary N) is 1. The second-order valence-corrected chi connectivity index (χ2v) is 3.98. The van der Waals surface area contributed by atoms with Gasteiger partial charge in [0.05, 0.1) is 12.0 Å². The van der Waals surface area contributed by atoms with Gasteiger partial charge in [0, 0.05) is 25.1 Å². The molecule has 2 unspecified atom stereocenters. The van der Waals surface area contributed by atoms with Gasteiger partial charge in [-0.05, 0) is 13.3 Å². The number of aliphatic hydroxyl groups is 1. The van der Waals surface area contributed by atoms with Gasteiger partial charge >= 0.3 is 0 Å². The number of hydrogen-bond donors (Lipinski definition) is 2. The molecular formula is C10H20N2O. The van der Waals surface area contributed by atoms with Crippen LogP contribution < -0.4 is 5.32 Å². The number of nitrogens with zero attached hydrogens (tertiary/aromatic N) is 1. The highest BCUT2D eigenvalue weighted by atomic mass is 16.3. The molecule has 3 heteroatoms. The van der Waals surface area contributed by atoms with Crippen molar-refractivity contribution >= 4 is 0 Å². The second-order valence-electron chi connectivity index (χ2n) is 3.98. The van der Waals surface area contributed by atoms with Gasteiger partial charge in [0.2, 0.25) is 0 Å². The molecule has 2 N–H and O–H groups in total. The van der Waals surface area contributed by atoms with Crippen molar-refractivity contribution in [3.05, 3.63) is 0 Å². The molecule has 0 aliphatic heterocycles. The highest BCUT2D eigenvalue weighted by Gasteiger charge is 2.20. The van der Waals surface area contributed by atoms with E-state index in [1.165, 1.54) is 0 Å². The fourth-order valence-electron chi connectivity index (χ4n) is 0.929. The van der Waals surface area contributed by atoms with Crippen molar-refractivity contribution in [1.82, 2.24) is 5.32 Å². The largest absolute Gasteiger partial charge is 0.396 e. The predicted octanol–water partition coefficient (Wildman–Crippen LogP) is 1.14. The third-order valence-electron chi connectivity index (χ3n) is 2.46. The van der Waals surface area contributed by atoms with Gasteiger partial charge in [0.25, 0.3) is 0 Å². The van der Waals surface area contributed by atoms with Crippen LogP contribution in [-0.2, 0) is 0 Å². The topological polar surface area (TPSA) is 56.0 Å². The van der Waals surface area contributed by atoms with E-state index in [9.17, 15) is 0 Å². The van der Waals surface area contributed by atoms with Crippen molar-refractivity contribution in [2.45, 2.75) is 27.2 Å². The van der Waals surface area contributed by atoms with Crippen molar-refractivity contribution in [1.29, 1.82) is 5.26 Å². The van der Waals surface area contributed by atoms with Crippen molar-refractivity contribution in [2.24, 2.45) is 11.3 Å². The van der Waals surface area contributed by atoms with Crippen LogP contribution in [0.5, 0.6) is 0 Å². The zero-order chi connectivity index (χ0) is 10.3. The number of aliphatic hydroxyl groups excluding tert-OH is 1. The molecule has 0 aromatic carbocycles. The summed E-state index contributed by atoms with van der Waals surface area (Å²) >= 11 is 0. The number of nitriles is 1. The lowest BCUT2D eigenvalue weighted by molar-refractivity contribution is 0.135. The lowest BCUT2D eigenvalue weighted by atomic mass is 9.88. The highest BCUT2D eigenvalue weighted by Crippen LogP contribution is 2.18. The van der Waals surface area contributed by atoms with E-state index in [4.69, 9.17) is 10.4 Å². The molecule has 0 aliphatic rings. The maximum atomic E-state index is 9.10. The first-order chi connectivity index (χ1) is 6.08. The van der Waals surface area contributed by atoms with Gasteiger partial charge in [-0.3, -0.25) is 0 Å². The Kier molecular flexibility index (Phi) is 5.68. The molecule has 0 heterocycles. The molecule has 0 saturated heterocycles. The van der Waals surface area contributed by atoms with E-state index in [-0.39, 0.29) is 17.9 Å². The van der Waals surface area contributed by atoms with E-state index >= 15 is 0 Å². The summed E-state index contributed by atoms with van der Waals surface area (Å²) < 4.78 is 0. The lowest BCUT2D eigenvalue weighted by Crippen LogP contribution is -2.36. The van der Waals surface area contributed by atoms with Crippen LogP contribution in [0.3, 0.4) is 0 Å².